The van der Waals surface area contributed by atoms with Gasteiger partial charge in [0.2, 0.25) is 5.91 Å². The van der Waals surface area contributed by atoms with Crippen LogP contribution in [0.1, 0.15) is 31.2 Å². The van der Waals surface area contributed by atoms with Crippen molar-refractivity contribution in [3.63, 3.8) is 0 Å². The zero-order chi connectivity index (χ0) is 16.8. The summed E-state index contributed by atoms with van der Waals surface area (Å²) >= 11 is 0. The van der Waals surface area contributed by atoms with Crippen LogP contribution in [-0.4, -0.2) is 46.8 Å². The first-order chi connectivity index (χ1) is 11.7. The minimum absolute atomic E-state index is 0.0274. The molecule has 5 nitrogen and oxygen atoms in total. The van der Waals surface area contributed by atoms with Gasteiger partial charge in [-0.3, -0.25) is 9.69 Å². The van der Waals surface area contributed by atoms with E-state index < -0.39 is 0 Å². The van der Waals surface area contributed by atoms with Gasteiger partial charge in [-0.25, -0.2) is 4.68 Å². The number of hydrogen-bond acceptors (Lipinski definition) is 3. The number of carbonyl (C=O) groups excluding carboxylic acids is 1. The zero-order valence-electron chi connectivity index (χ0n) is 14.3. The van der Waals surface area contributed by atoms with Crippen molar-refractivity contribution in [3.8, 4) is 5.69 Å². The average Bonchev–Trinajstić information content (AvgIpc) is 2.97. The summed E-state index contributed by atoms with van der Waals surface area (Å²) in [5.74, 6) is 0.162. The molecule has 1 atom stereocenters. The lowest BCUT2D eigenvalue weighted by Gasteiger charge is -2.24. The number of benzene rings is 1. The molecule has 1 N–H and O–H groups in total. The lowest BCUT2D eigenvalue weighted by atomic mass is 10.1. The molecule has 0 radical (unpaired) electrons. The van der Waals surface area contributed by atoms with E-state index in [1.165, 1.54) is 12.8 Å². The second-order valence-electron chi connectivity index (χ2n) is 6.52. The number of likely N-dealkylation sites (N-methyl/N-ethyl adjacent to an activating group) is 1. The molecule has 1 aliphatic heterocycles. The maximum Gasteiger partial charge on any atom is 0.237 e. The van der Waals surface area contributed by atoms with Gasteiger partial charge in [-0.1, -0.05) is 31.0 Å². The zero-order valence-corrected chi connectivity index (χ0v) is 14.3. The molecule has 0 saturated carbocycles. The number of carbonyl (C=O) groups is 1. The molecule has 1 saturated heterocycles. The highest BCUT2D eigenvalue weighted by atomic mass is 16.2. The number of nitrogens with zero attached hydrogens (tertiary/aromatic N) is 3. The Balaban J connectivity index is 1.49. The lowest BCUT2D eigenvalue weighted by Crippen LogP contribution is -2.45. The van der Waals surface area contributed by atoms with Crippen LogP contribution in [0.4, 0.5) is 0 Å². The molecular weight excluding hydrogens is 300 g/mol. The molecule has 1 aromatic heterocycles. The summed E-state index contributed by atoms with van der Waals surface area (Å²) in [6, 6.07) is 10.1. The van der Waals surface area contributed by atoms with Crippen LogP contribution < -0.4 is 5.32 Å². The summed E-state index contributed by atoms with van der Waals surface area (Å²) in [5, 5.41) is 7.48. The van der Waals surface area contributed by atoms with Crippen LogP contribution in [0, 0.1) is 0 Å². The Morgan fingerprint density at radius 1 is 1.25 bits per heavy atom. The van der Waals surface area contributed by atoms with Gasteiger partial charge in [0.15, 0.2) is 0 Å². The van der Waals surface area contributed by atoms with Gasteiger partial charge in [0.05, 0.1) is 17.9 Å². The van der Waals surface area contributed by atoms with Gasteiger partial charge in [0.25, 0.3) is 0 Å². The Labute approximate surface area is 143 Å². The van der Waals surface area contributed by atoms with Crippen molar-refractivity contribution in [2.24, 2.45) is 0 Å². The van der Waals surface area contributed by atoms with Crippen LogP contribution in [-0.2, 0) is 11.2 Å². The maximum atomic E-state index is 12.4. The van der Waals surface area contributed by atoms with Gasteiger partial charge in [0.1, 0.15) is 0 Å². The molecule has 1 aromatic carbocycles. The smallest absolute Gasteiger partial charge is 0.237 e. The van der Waals surface area contributed by atoms with Crippen molar-refractivity contribution >= 4 is 5.91 Å². The molecule has 2 aromatic rings. The number of hydrogen-bond donors (Lipinski definition) is 1. The molecule has 0 unspecified atom stereocenters. The van der Waals surface area contributed by atoms with Gasteiger partial charge >= 0.3 is 0 Å². The molecule has 2 heterocycles. The minimum atomic E-state index is 0.0274. The van der Waals surface area contributed by atoms with Crippen molar-refractivity contribution in [2.75, 3.05) is 20.1 Å². The third kappa shape index (κ3) is 4.23. The molecule has 3 rings (SSSR count). The summed E-state index contributed by atoms with van der Waals surface area (Å²) in [4.78, 5) is 14.6. The first-order valence-electron chi connectivity index (χ1n) is 8.81. The highest BCUT2D eigenvalue weighted by molar-refractivity contribution is 5.81. The molecule has 0 aliphatic carbocycles. The van der Waals surface area contributed by atoms with Crippen LogP contribution >= 0.6 is 0 Å². The van der Waals surface area contributed by atoms with Crippen molar-refractivity contribution in [2.45, 2.75) is 38.1 Å². The number of nitrogens with one attached hydrogen (secondary N) is 1. The number of aromatic nitrogens is 2. The lowest BCUT2D eigenvalue weighted by molar-refractivity contribution is -0.126. The summed E-state index contributed by atoms with van der Waals surface area (Å²) < 4.78 is 1.87. The van der Waals surface area contributed by atoms with Gasteiger partial charge in [0, 0.05) is 12.7 Å². The van der Waals surface area contributed by atoms with E-state index in [0.29, 0.717) is 6.54 Å². The quantitative estimate of drug-likeness (QED) is 0.918. The largest absolute Gasteiger partial charge is 0.354 e. The molecule has 128 valence electrons. The normalized spacial score (nSPS) is 19.0. The summed E-state index contributed by atoms with van der Waals surface area (Å²) in [7, 11) is 2.06. The van der Waals surface area contributed by atoms with Crippen molar-refractivity contribution < 1.29 is 4.79 Å². The van der Waals surface area contributed by atoms with Gasteiger partial charge in [-0.05, 0) is 50.6 Å². The van der Waals surface area contributed by atoms with Crippen LogP contribution in [0.2, 0.25) is 0 Å². The number of likely N-dealkylation sites (tertiary alicyclic amines) is 1. The van der Waals surface area contributed by atoms with Crippen molar-refractivity contribution in [1.82, 2.24) is 20.0 Å². The van der Waals surface area contributed by atoms with E-state index in [4.69, 9.17) is 0 Å². The predicted octanol–water partition coefficient (Wildman–Crippen LogP) is 2.41. The Morgan fingerprint density at radius 3 is 2.92 bits per heavy atom. The molecule has 0 bridgehead atoms. The fourth-order valence-corrected chi connectivity index (χ4v) is 3.24. The fraction of sp³-hybridized carbons (Fsp3) is 0.474. The second-order valence-corrected chi connectivity index (χ2v) is 6.52. The Morgan fingerprint density at radius 2 is 2.08 bits per heavy atom. The highest BCUT2D eigenvalue weighted by Gasteiger charge is 2.24. The third-order valence-corrected chi connectivity index (χ3v) is 4.69. The second kappa shape index (κ2) is 8.11. The first-order valence-corrected chi connectivity index (χ1v) is 8.81. The van der Waals surface area contributed by atoms with E-state index in [0.717, 1.165) is 37.1 Å². The number of amides is 1. The van der Waals surface area contributed by atoms with Crippen LogP contribution in [0.25, 0.3) is 5.69 Å². The Hall–Kier alpha value is -2.14. The van der Waals surface area contributed by atoms with Crippen LogP contribution in [0.5, 0.6) is 0 Å². The predicted molar refractivity (Wildman–Crippen MR) is 95.2 cm³/mol. The first kappa shape index (κ1) is 16.7. The summed E-state index contributed by atoms with van der Waals surface area (Å²) in [6.07, 6.45) is 9.23. The third-order valence-electron chi connectivity index (χ3n) is 4.69. The summed E-state index contributed by atoms with van der Waals surface area (Å²) in [6.45, 7) is 1.67. The van der Waals surface area contributed by atoms with Crippen LogP contribution in [0.3, 0.4) is 0 Å². The SMILES string of the molecule is CN1CCCCC[C@@H]1C(=O)NCCc1cnn(-c2ccccc2)c1. The number of rotatable bonds is 5. The van der Waals surface area contributed by atoms with E-state index in [1.54, 1.807) is 0 Å². The van der Waals surface area contributed by atoms with Gasteiger partial charge in [-0.15, -0.1) is 0 Å². The molecule has 1 amide bonds. The minimum Gasteiger partial charge on any atom is -0.354 e. The van der Waals surface area contributed by atoms with Crippen LogP contribution in [0.15, 0.2) is 42.7 Å². The number of para-hydroxylation sites is 1. The van der Waals surface area contributed by atoms with E-state index in [9.17, 15) is 4.79 Å². The van der Waals surface area contributed by atoms with Crippen molar-refractivity contribution in [3.05, 3.63) is 48.3 Å². The van der Waals surface area contributed by atoms with Gasteiger partial charge in [-0.2, -0.15) is 5.10 Å². The van der Waals surface area contributed by atoms with Crippen molar-refractivity contribution in [1.29, 1.82) is 0 Å². The Bertz CT molecular complexity index is 652. The summed E-state index contributed by atoms with van der Waals surface area (Å²) in [5.41, 5.74) is 2.18. The van der Waals surface area contributed by atoms with E-state index in [1.807, 2.05) is 47.4 Å². The molecule has 0 spiro atoms. The molecular formula is C19H26N4O. The van der Waals surface area contributed by atoms with Gasteiger partial charge < -0.3 is 5.32 Å². The molecule has 5 heteroatoms. The standard InChI is InChI=1S/C19H26N4O/c1-22-13-7-3-6-10-18(22)19(24)20-12-11-16-14-21-23(15-16)17-8-4-2-5-9-17/h2,4-5,8-9,14-15,18H,3,6-7,10-13H2,1H3,(H,20,24)/t18-/m1/s1. The van der Waals surface area contributed by atoms with E-state index in [2.05, 4.69) is 22.4 Å². The Kier molecular flexibility index (Phi) is 5.64. The monoisotopic (exact) mass is 326 g/mol. The maximum absolute atomic E-state index is 12.4. The molecule has 1 aliphatic rings. The van der Waals surface area contributed by atoms with E-state index >= 15 is 0 Å². The highest BCUT2D eigenvalue weighted by Crippen LogP contribution is 2.15. The molecule has 24 heavy (non-hydrogen) atoms. The fourth-order valence-electron chi connectivity index (χ4n) is 3.24. The topological polar surface area (TPSA) is 50.2 Å². The van der Waals surface area contributed by atoms with E-state index in [-0.39, 0.29) is 11.9 Å². The molecule has 1 fully saturated rings. The average molecular weight is 326 g/mol.